The van der Waals surface area contributed by atoms with Crippen molar-refractivity contribution in [2.75, 3.05) is 6.61 Å². The molecule has 13 heavy (non-hydrogen) atoms. The van der Waals surface area contributed by atoms with Crippen molar-refractivity contribution < 1.29 is 4.74 Å². The van der Waals surface area contributed by atoms with Crippen LogP contribution in [0.25, 0.3) is 0 Å². The molecule has 0 aliphatic rings. The van der Waals surface area contributed by atoms with Crippen LogP contribution in [0.15, 0.2) is 9.21 Å². The van der Waals surface area contributed by atoms with Crippen LogP contribution in [0.4, 0.5) is 0 Å². The molecule has 6 heteroatoms. The average molecular weight is 332 g/mol. The zero-order valence-electron chi connectivity index (χ0n) is 7.06. The molecule has 0 saturated heterocycles. The Morgan fingerprint density at radius 3 is 2.69 bits per heavy atom. The van der Waals surface area contributed by atoms with Crippen LogP contribution in [0.2, 0.25) is 5.28 Å². The molecule has 0 radical (unpaired) electrons. The monoisotopic (exact) mass is 330 g/mol. The molecule has 0 saturated carbocycles. The first-order valence-corrected chi connectivity index (χ1v) is 5.78. The molecular weight excluding hydrogens is 323 g/mol. The van der Waals surface area contributed by atoms with Gasteiger partial charge in [0, 0.05) is 6.61 Å². The van der Waals surface area contributed by atoms with Crippen LogP contribution in [0.3, 0.4) is 0 Å². The SMILES string of the molecule is CCCOCn1c(Cl)nc(Br)c1Br. The van der Waals surface area contributed by atoms with Crippen LogP contribution in [0.1, 0.15) is 13.3 Å². The number of hydrogen-bond acceptors (Lipinski definition) is 2. The van der Waals surface area contributed by atoms with E-state index in [2.05, 4.69) is 43.8 Å². The van der Waals surface area contributed by atoms with Gasteiger partial charge in [0.2, 0.25) is 5.28 Å². The molecule has 0 aliphatic carbocycles. The molecule has 0 aliphatic heterocycles. The third kappa shape index (κ3) is 2.94. The number of hydrogen-bond donors (Lipinski definition) is 0. The van der Waals surface area contributed by atoms with E-state index in [0.717, 1.165) is 17.6 Å². The fourth-order valence-electron chi connectivity index (χ4n) is 0.790. The minimum Gasteiger partial charge on any atom is -0.361 e. The van der Waals surface area contributed by atoms with E-state index in [0.29, 0.717) is 16.6 Å². The molecule has 1 aromatic heterocycles. The third-order valence-corrected chi connectivity index (χ3v) is 3.57. The molecule has 3 nitrogen and oxygen atoms in total. The topological polar surface area (TPSA) is 27.1 Å². The van der Waals surface area contributed by atoms with Crippen molar-refractivity contribution in [1.82, 2.24) is 9.55 Å². The number of ether oxygens (including phenoxy) is 1. The first-order valence-electron chi connectivity index (χ1n) is 3.81. The van der Waals surface area contributed by atoms with Gasteiger partial charge in [-0.05, 0) is 49.9 Å². The minimum absolute atomic E-state index is 0.412. The molecule has 0 atom stereocenters. The van der Waals surface area contributed by atoms with Crippen LogP contribution in [0.5, 0.6) is 0 Å². The lowest BCUT2D eigenvalue weighted by Crippen LogP contribution is -2.03. The van der Waals surface area contributed by atoms with Crippen molar-refractivity contribution in [1.29, 1.82) is 0 Å². The second-order valence-electron chi connectivity index (χ2n) is 2.43. The molecule has 0 aromatic carbocycles. The first-order chi connectivity index (χ1) is 6.16. The first kappa shape index (κ1) is 11.5. The normalized spacial score (nSPS) is 10.8. The maximum absolute atomic E-state index is 5.84. The molecule has 1 heterocycles. The Morgan fingerprint density at radius 2 is 2.23 bits per heavy atom. The standard InChI is InChI=1S/C7H9Br2ClN2O/c1-2-3-13-4-12-6(9)5(8)11-7(12)10/h2-4H2,1H3. The summed E-state index contributed by atoms with van der Waals surface area (Å²) in [5.41, 5.74) is 0. The lowest BCUT2D eigenvalue weighted by molar-refractivity contribution is 0.0763. The maximum Gasteiger partial charge on any atom is 0.206 e. The molecule has 1 aromatic rings. The fourth-order valence-corrected chi connectivity index (χ4v) is 1.95. The van der Waals surface area contributed by atoms with E-state index in [-0.39, 0.29) is 0 Å². The highest BCUT2D eigenvalue weighted by Crippen LogP contribution is 2.26. The minimum atomic E-state index is 0.412. The van der Waals surface area contributed by atoms with Gasteiger partial charge in [-0.2, -0.15) is 0 Å². The highest BCUT2D eigenvalue weighted by atomic mass is 79.9. The molecule has 0 spiro atoms. The quantitative estimate of drug-likeness (QED) is 0.790. The highest BCUT2D eigenvalue weighted by molar-refractivity contribution is 9.13. The van der Waals surface area contributed by atoms with Crippen molar-refractivity contribution in [2.45, 2.75) is 20.1 Å². The van der Waals surface area contributed by atoms with Crippen LogP contribution in [-0.4, -0.2) is 16.2 Å². The number of aromatic nitrogens is 2. The van der Waals surface area contributed by atoms with Gasteiger partial charge in [0.25, 0.3) is 0 Å². The van der Waals surface area contributed by atoms with Gasteiger partial charge in [-0.3, -0.25) is 4.57 Å². The van der Waals surface area contributed by atoms with E-state index >= 15 is 0 Å². The zero-order chi connectivity index (χ0) is 9.84. The van der Waals surface area contributed by atoms with Crippen molar-refractivity contribution >= 4 is 43.5 Å². The molecule has 1 rings (SSSR count). The van der Waals surface area contributed by atoms with Gasteiger partial charge in [-0.1, -0.05) is 6.92 Å². The summed E-state index contributed by atoms with van der Waals surface area (Å²) in [7, 11) is 0. The number of imidazole rings is 1. The van der Waals surface area contributed by atoms with Crippen LogP contribution < -0.4 is 0 Å². The van der Waals surface area contributed by atoms with Gasteiger partial charge in [-0.15, -0.1) is 0 Å². The summed E-state index contributed by atoms with van der Waals surface area (Å²) in [5, 5.41) is 0.412. The van der Waals surface area contributed by atoms with Crippen molar-refractivity contribution in [3.63, 3.8) is 0 Å². The Bertz CT molecular complexity index is 290. The largest absolute Gasteiger partial charge is 0.361 e. The van der Waals surface area contributed by atoms with E-state index in [9.17, 15) is 0 Å². The molecule has 0 bridgehead atoms. The second-order valence-corrected chi connectivity index (χ2v) is 4.27. The summed E-state index contributed by atoms with van der Waals surface area (Å²) in [5.74, 6) is 0. The smallest absolute Gasteiger partial charge is 0.206 e. The molecule has 0 unspecified atom stereocenters. The summed E-state index contributed by atoms with van der Waals surface area (Å²) >= 11 is 12.4. The van der Waals surface area contributed by atoms with Gasteiger partial charge < -0.3 is 4.74 Å². The third-order valence-electron chi connectivity index (χ3n) is 1.39. The molecule has 0 amide bonds. The summed E-state index contributed by atoms with van der Waals surface area (Å²) in [6.45, 7) is 3.20. The van der Waals surface area contributed by atoms with Crippen molar-refractivity contribution in [2.24, 2.45) is 0 Å². The lowest BCUT2D eigenvalue weighted by Gasteiger charge is -2.05. The Labute approximate surface area is 98.7 Å². The Kier molecular flexibility index (Phi) is 4.72. The molecule has 74 valence electrons. The Hall–Kier alpha value is 0.420. The maximum atomic E-state index is 5.84. The Balaban J connectivity index is 2.64. The van der Waals surface area contributed by atoms with Crippen LogP contribution in [-0.2, 0) is 11.5 Å². The predicted octanol–water partition coefficient (Wildman–Crippen LogP) is 3.45. The Morgan fingerprint density at radius 1 is 1.54 bits per heavy atom. The van der Waals surface area contributed by atoms with E-state index < -0.39 is 0 Å². The van der Waals surface area contributed by atoms with Gasteiger partial charge in [0.05, 0.1) is 0 Å². The van der Waals surface area contributed by atoms with Crippen molar-refractivity contribution in [3.8, 4) is 0 Å². The number of halogens is 3. The highest BCUT2D eigenvalue weighted by Gasteiger charge is 2.10. The van der Waals surface area contributed by atoms with Gasteiger partial charge in [-0.25, -0.2) is 4.98 Å². The summed E-state index contributed by atoms with van der Waals surface area (Å²) < 4.78 is 8.56. The summed E-state index contributed by atoms with van der Waals surface area (Å²) in [4.78, 5) is 4.01. The van der Waals surface area contributed by atoms with Gasteiger partial charge >= 0.3 is 0 Å². The second kappa shape index (κ2) is 5.34. The van der Waals surface area contributed by atoms with Crippen LogP contribution >= 0.6 is 43.5 Å². The molecular formula is C7H9Br2ClN2O. The van der Waals surface area contributed by atoms with E-state index in [1.807, 2.05) is 0 Å². The molecule has 0 N–H and O–H groups in total. The van der Waals surface area contributed by atoms with Gasteiger partial charge in [0.1, 0.15) is 15.9 Å². The lowest BCUT2D eigenvalue weighted by atomic mass is 10.5. The van der Waals surface area contributed by atoms with E-state index in [4.69, 9.17) is 16.3 Å². The fraction of sp³-hybridized carbons (Fsp3) is 0.571. The zero-order valence-corrected chi connectivity index (χ0v) is 11.0. The van der Waals surface area contributed by atoms with Crippen molar-refractivity contribution in [3.05, 3.63) is 14.5 Å². The van der Waals surface area contributed by atoms with E-state index in [1.54, 1.807) is 4.57 Å². The summed E-state index contributed by atoms with van der Waals surface area (Å²) in [6.07, 6.45) is 0.991. The predicted molar refractivity (Wildman–Crippen MR) is 58.9 cm³/mol. The summed E-state index contributed by atoms with van der Waals surface area (Å²) in [6, 6.07) is 0. The van der Waals surface area contributed by atoms with E-state index in [1.165, 1.54) is 0 Å². The van der Waals surface area contributed by atoms with Crippen LogP contribution in [0, 0.1) is 0 Å². The number of rotatable bonds is 4. The molecule has 0 fully saturated rings. The van der Waals surface area contributed by atoms with Gasteiger partial charge in [0.15, 0.2) is 0 Å². The number of nitrogens with zero attached hydrogens (tertiary/aromatic N) is 2. The average Bonchev–Trinajstić information content (AvgIpc) is 2.32.